The predicted octanol–water partition coefficient (Wildman–Crippen LogP) is 1.37. The zero-order chi connectivity index (χ0) is 9.80. The summed E-state index contributed by atoms with van der Waals surface area (Å²) < 4.78 is 0. The summed E-state index contributed by atoms with van der Waals surface area (Å²) in [4.78, 5) is 7.92. The van der Waals surface area contributed by atoms with Crippen molar-refractivity contribution >= 4 is 23.5 Å². The number of aromatic nitrogens is 2. The van der Waals surface area contributed by atoms with E-state index in [1.165, 1.54) is 18.6 Å². The van der Waals surface area contributed by atoms with Crippen molar-refractivity contribution < 1.29 is 0 Å². The van der Waals surface area contributed by atoms with Gasteiger partial charge in [-0.05, 0) is 24.7 Å². The summed E-state index contributed by atoms with van der Waals surface area (Å²) in [6.45, 7) is 0.973. The van der Waals surface area contributed by atoms with Gasteiger partial charge in [0.25, 0.3) is 0 Å². The Morgan fingerprint density at radius 2 is 2.57 bits per heavy atom. The standard InChI is InChI=1S/C9H14N4S/c10-9-11-4-3-8(13-9)12-6-7-2-1-5-14-7/h3-4,7H,1-2,5-6H2,(H3,10,11,12,13). The molecule has 2 heterocycles. The molecule has 0 aliphatic carbocycles. The maximum atomic E-state index is 5.47. The summed E-state index contributed by atoms with van der Waals surface area (Å²) >= 11 is 2.03. The topological polar surface area (TPSA) is 63.8 Å². The van der Waals surface area contributed by atoms with Crippen LogP contribution in [0.15, 0.2) is 12.3 Å². The van der Waals surface area contributed by atoms with Gasteiger partial charge in [-0.15, -0.1) is 0 Å². The molecule has 76 valence electrons. The normalized spacial score (nSPS) is 21.0. The Bertz CT molecular complexity index is 299. The Balaban J connectivity index is 1.85. The molecule has 0 amide bonds. The molecule has 1 aromatic rings. The third-order valence-electron chi connectivity index (χ3n) is 2.21. The van der Waals surface area contributed by atoms with Gasteiger partial charge < -0.3 is 11.1 Å². The number of anilines is 2. The first-order chi connectivity index (χ1) is 6.84. The highest BCUT2D eigenvalue weighted by Gasteiger charge is 2.14. The van der Waals surface area contributed by atoms with Gasteiger partial charge in [0.05, 0.1) is 0 Å². The molecule has 1 aromatic heterocycles. The number of nitrogens with one attached hydrogen (secondary N) is 1. The third kappa shape index (κ3) is 2.51. The number of nitrogen functional groups attached to an aromatic ring is 1. The molecule has 1 aliphatic heterocycles. The lowest BCUT2D eigenvalue weighted by Crippen LogP contribution is -2.14. The van der Waals surface area contributed by atoms with Crippen molar-refractivity contribution in [3.8, 4) is 0 Å². The number of thioether (sulfide) groups is 1. The first-order valence-electron chi connectivity index (χ1n) is 4.78. The second-order valence-corrected chi connectivity index (χ2v) is 4.72. The molecule has 14 heavy (non-hydrogen) atoms. The van der Waals surface area contributed by atoms with E-state index in [-0.39, 0.29) is 0 Å². The van der Waals surface area contributed by atoms with Crippen molar-refractivity contribution in [2.45, 2.75) is 18.1 Å². The van der Waals surface area contributed by atoms with Crippen LogP contribution in [0, 0.1) is 0 Å². The van der Waals surface area contributed by atoms with Crippen LogP contribution in [0.4, 0.5) is 11.8 Å². The van der Waals surface area contributed by atoms with E-state index in [9.17, 15) is 0 Å². The van der Waals surface area contributed by atoms with Gasteiger partial charge in [-0.25, -0.2) is 4.98 Å². The smallest absolute Gasteiger partial charge is 0.221 e. The predicted molar refractivity (Wildman–Crippen MR) is 60.4 cm³/mol. The molecule has 4 nitrogen and oxygen atoms in total. The molecule has 0 saturated carbocycles. The maximum absolute atomic E-state index is 5.47. The monoisotopic (exact) mass is 210 g/mol. The van der Waals surface area contributed by atoms with Crippen LogP contribution < -0.4 is 11.1 Å². The van der Waals surface area contributed by atoms with Crippen molar-refractivity contribution in [3.63, 3.8) is 0 Å². The number of nitrogens with two attached hydrogens (primary N) is 1. The highest BCUT2D eigenvalue weighted by molar-refractivity contribution is 8.00. The number of nitrogens with zero attached hydrogens (tertiary/aromatic N) is 2. The van der Waals surface area contributed by atoms with Crippen molar-refractivity contribution in [2.24, 2.45) is 0 Å². The molecule has 0 aromatic carbocycles. The lowest BCUT2D eigenvalue weighted by molar-refractivity contribution is 0.803. The Hall–Kier alpha value is -0.970. The van der Waals surface area contributed by atoms with E-state index >= 15 is 0 Å². The second kappa shape index (κ2) is 4.50. The van der Waals surface area contributed by atoms with Gasteiger partial charge in [-0.3, -0.25) is 0 Å². The minimum atomic E-state index is 0.328. The molecular formula is C9H14N4S. The van der Waals surface area contributed by atoms with Gasteiger partial charge >= 0.3 is 0 Å². The van der Waals surface area contributed by atoms with Crippen LogP contribution in [-0.2, 0) is 0 Å². The molecule has 1 fully saturated rings. The minimum Gasteiger partial charge on any atom is -0.369 e. The van der Waals surface area contributed by atoms with Crippen molar-refractivity contribution in [1.29, 1.82) is 0 Å². The molecule has 3 N–H and O–H groups in total. The Morgan fingerprint density at radius 3 is 3.29 bits per heavy atom. The number of hydrogen-bond donors (Lipinski definition) is 2. The van der Waals surface area contributed by atoms with Gasteiger partial charge in [0, 0.05) is 18.0 Å². The zero-order valence-corrected chi connectivity index (χ0v) is 8.76. The SMILES string of the molecule is Nc1nccc(NCC2CCCS2)n1. The minimum absolute atomic E-state index is 0.328. The van der Waals surface area contributed by atoms with E-state index < -0.39 is 0 Å². The molecular weight excluding hydrogens is 196 g/mol. The molecule has 0 spiro atoms. The summed E-state index contributed by atoms with van der Waals surface area (Å²) in [7, 11) is 0. The molecule has 0 bridgehead atoms. The third-order valence-corrected chi connectivity index (χ3v) is 3.61. The van der Waals surface area contributed by atoms with Crippen molar-refractivity contribution in [1.82, 2.24) is 9.97 Å². The zero-order valence-electron chi connectivity index (χ0n) is 7.94. The van der Waals surface area contributed by atoms with Gasteiger partial charge in [-0.1, -0.05) is 0 Å². The van der Waals surface area contributed by atoms with Crippen LogP contribution >= 0.6 is 11.8 Å². The Kier molecular flexibility index (Phi) is 3.08. The van der Waals surface area contributed by atoms with E-state index in [1.807, 2.05) is 17.8 Å². The highest BCUT2D eigenvalue weighted by Crippen LogP contribution is 2.25. The largest absolute Gasteiger partial charge is 0.369 e. The first-order valence-corrected chi connectivity index (χ1v) is 5.83. The van der Waals surface area contributed by atoms with E-state index in [4.69, 9.17) is 5.73 Å². The fraction of sp³-hybridized carbons (Fsp3) is 0.556. The van der Waals surface area contributed by atoms with Crippen LogP contribution in [0.2, 0.25) is 0 Å². The summed E-state index contributed by atoms with van der Waals surface area (Å²) in [6, 6.07) is 1.84. The first kappa shape index (κ1) is 9.58. The molecule has 1 saturated heterocycles. The van der Waals surface area contributed by atoms with Crippen LogP contribution in [0.3, 0.4) is 0 Å². The van der Waals surface area contributed by atoms with Gasteiger partial charge in [0.15, 0.2) is 0 Å². The Morgan fingerprint density at radius 1 is 1.64 bits per heavy atom. The molecule has 1 atom stereocenters. The number of hydrogen-bond acceptors (Lipinski definition) is 5. The maximum Gasteiger partial charge on any atom is 0.221 e. The van der Waals surface area contributed by atoms with E-state index in [2.05, 4.69) is 15.3 Å². The molecule has 1 unspecified atom stereocenters. The fourth-order valence-electron chi connectivity index (χ4n) is 1.50. The lowest BCUT2D eigenvalue weighted by atomic mass is 10.2. The van der Waals surface area contributed by atoms with Crippen LogP contribution in [0.1, 0.15) is 12.8 Å². The van der Waals surface area contributed by atoms with Crippen molar-refractivity contribution in [3.05, 3.63) is 12.3 Å². The summed E-state index contributed by atoms with van der Waals surface area (Å²) in [5.41, 5.74) is 5.47. The summed E-state index contributed by atoms with van der Waals surface area (Å²) in [5.74, 6) is 2.44. The van der Waals surface area contributed by atoms with Gasteiger partial charge in [-0.2, -0.15) is 16.7 Å². The summed E-state index contributed by atoms with van der Waals surface area (Å²) in [6.07, 6.45) is 4.31. The number of rotatable bonds is 3. The van der Waals surface area contributed by atoms with E-state index in [0.29, 0.717) is 5.95 Å². The van der Waals surface area contributed by atoms with Crippen LogP contribution in [-0.4, -0.2) is 27.5 Å². The molecule has 5 heteroatoms. The highest BCUT2D eigenvalue weighted by atomic mass is 32.2. The van der Waals surface area contributed by atoms with E-state index in [1.54, 1.807) is 6.20 Å². The molecule has 0 radical (unpaired) electrons. The van der Waals surface area contributed by atoms with Crippen molar-refractivity contribution in [2.75, 3.05) is 23.3 Å². The summed E-state index contributed by atoms with van der Waals surface area (Å²) in [5, 5.41) is 4.00. The Labute approximate surface area is 87.7 Å². The van der Waals surface area contributed by atoms with E-state index in [0.717, 1.165) is 17.6 Å². The average Bonchev–Trinajstić information content (AvgIpc) is 2.67. The molecule has 1 aliphatic rings. The van der Waals surface area contributed by atoms with Crippen LogP contribution in [0.5, 0.6) is 0 Å². The fourth-order valence-corrected chi connectivity index (χ4v) is 2.70. The lowest BCUT2D eigenvalue weighted by Gasteiger charge is -2.10. The quantitative estimate of drug-likeness (QED) is 0.788. The van der Waals surface area contributed by atoms with Gasteiger partial charge in [0.2, 0.25) is 5.95 Å². The molecule has 2 rings (SSSR count). The second-order valence-electron chi connectivity index (χ2n) is 3.32. The average molecular weight is 210 g/mol. The van der Waals surface area contributed by atoms with Gasteiger partial charge in [0.1, 0.15) is 5.82 Å². The van der Waals surface area contributed by atoms with Crippen LogP contribution in [0.25, 0.3) is 0 Å².